The average Bonchev–Trinajstić information content (AvgIpc) is 3.37. The van der Waals surface area contributed by atoms with E-state index in [1.807, 2.05) is 6.92 Å². The van der Waals surface area contributed by atoms with Crippen LogP contribution in [-0.2, 0) is 38.7 Å². The monoisotopic (exact) mass is 450 g/mol. The Morgan fingerprint density at radius 1 is 1.23 bits per heavy atom. The highest BCUT2D eigenvalue weighted by molar-refractivity contribution is 7.18. The molecule has 4 rings (SSSR count). The van der Waals surface area contributed by atoms with Crippen molar-refractivity contribution in [1.29, 1.82) is 0 Å². The van der Waals surface area contributed by atoms with Crippen LogP contribution in [0.3, 0.4) is 0 Å². The number of thiophene rings is 1. The molecule has 4 heterocycles. The number of aryl methyl sites for hydroxylation is 1. The number of aromatic nitrogens is 2. The summed E-state index contributed by atoms with van der Waals surface area (Å²) in [7, 11) is 1.52. The molecule has 2 aromatic heterocycles. The molecule has 1 unspecified atom stereocenters. The third-order valence-electron chi connectivity index (χ3n) is 5.81. The van der Waals surface area contributed by atoms with Crippen LogP contribution < -0.4 is 16.6 Å². The summed E-state index contributed by atoms with van der Waals surface area (Å²) >= 11 is 1.33. The number of hydrogen-bond donors (Lipinski definition) is 1. The summed E-state index contributed by atoms with van der Waals surface area (Å²) in [4.78, 5) is 53.2. The maximum absolute atomic E-state index is 13.2. The molecule has 31 heavy (non-hydrogen) atoms. The molecular weight excluding hydrogens is 424 g/mol. The molecule has 2 amide bonds. The number of ether oxygens (including phenoxy) is 2. The first-order valence-corrected chi connectivity index (χ1v) is 11.2. The fourth-order valence-electron chi connectivity index (χ4n) is 4.07. The second kappa shape index (κ2) is 8.93. The molecule has 2 fully saturated rings. The van der Waals surface area contributed by atoms with Crippen molar-refractivity contribution in [2.24, 2.45) is 0 Å². The first-order chi connectivity index (χ1) is 14.9. The molecule has 10 nitrogen and oxygen atoms in total. The van der Waals surface area contributed by atoms with Crippen molar-refractivity contribution < 1.29 is 19.1 Å². The Labute approximate surface area is 182 Å². The van der Waals surface area contributed by atoms with Crippen LogP contribution in [0.1, 0.15) is 23.3 Å². The fraction of sp³-hybridized carbons (Fsp3) is 0.600. The molecule has 0 saturated carbocycles. The second-order valence-corrected chi connectivity index (χ2v) is 8.87. The Bertz CT molecular complexity index is 1130. The van der Waals surface area contributed by atoms with E-state index in [0.717, 1.165) is 23.3 Å². The molecule has 0 aliphatic carbocycles. The van der Waals surface area contributed by atoms with Crippen LogP contribution in [0.2, 0.25) is 0 Å². The Morgan fingerprint density at radius 3 is 2.74 bits per heavy atom. The number of nitrogens with zero attached hydrogens (tertiary/aromatic N) is 3. The van der Waals surface area contributed by atoms with E-state index >= 15 is 0 Å². The lowest BCUT2D eigenvalue weighted by molar-refractivity contribution is -0.148. The molecule has 1 atom stereocenters. The Balaban J connectivity index is 1.81. The number of piperazine rings is 1. The smallest absolute Gasteiger partial charge is 0.332 e. The molecule has 168 valence electrons. The number of carbonyl (C=O) groups excluding carboxylic acids is 2. The van der Waals surface area contributed by atoms with Crippen molar-refractivity contribution >= 4 is 33.4 Å². The molecule has 2 aliphatic rings. The number of nitrogens with one attached hydrogen (secondary N) is 1. The zero-order valence-electron chi connectivity index (χ0n) is 17.6. The van der Waals surface area contributed by atoms with Gasteiger partial charge in [0, 0.05) is 31.7 Å². The molecule has 2 aliphatic heterocycles. The van der Waals surface area contributed by atoms with Gasteiger partial charge in [0.2, 0.25) is 0 Å². The normalized spacial score (nSPS) is 19.4. The topological polar surface area (TPSA) is 112 Å². The largest absolute Gasteiger partial charge is 0.383 e. The fourth-order valence-corrected chi connectivity index (χ4v) is 5.39. The summed E-state index contributed by atoms with van der Waals surface area (Å²) in [6, 6.07) is 0. The molecule has 2 saturated heterocycles. The zero-order valence-corrected chi connectivity index (χ0v) is 18.5. The quantitative estimate of drug-likeness (QED) is 0.586. The Hall–Kier alpha value is -2.50. The van der Waals surface area contributed by atoms with Crippen molar-refractivity contribution in [1.82, 2.24) is 19.4 Å². The van der Waals surface area contributed by atoms with Crippen LogP contribution in [0.25, 0.3) is 10.2 Å². The third-order valence-corrected chi connectivity index (χ3v) is 7.10. The van der Waals surface area contributed by atoms with Crippen LogP contribution >= 0.6 is 11.3 Å². The van der Waals surface area contributed by atoms with E-state index in [0.29, 0.717) is 36.5 Å². The summed E-state index contributed by atoms with van der Waals surface area (Å²) in [6.45, 7) is 4.28. The standard InChI is InChI=1S/C20H26N4O6S/c1-12-14(11-22-6-5-21-16(25)18(22)27)31-19-15(12)17(26)23(7-9-29-2)20(28)24(19)10-13-4-3-8-30-13/h13H,3-11H2,1-2H3,(H,21,25). The number of methoxy groups -OCH3 is 1. The van der Waals surface area contributed by atoms with E-state index in [4.69, 9.17) is 9.47 Å². The molecule has 0 radical (unpaired) electrons. The molecule has 1 N–H and O–H groups in total. The Morgan fingerprint density at radius 2 is 2.03 bits per heavy atom. The van der Waals surface area contributed by atoms with E-state index in [-0.39, 0.29) is 37.0 Å². The number of rotatable bonds is 7. The maximum Gasteiger partial charge on any atom is 0.332 e. The van der Waals surface area contributed by atoms with Gasteiger partial charge in [0.1, 0.15) is 4.83 Å². The van der Waals surface area contributed by atoms with Gasteiger partial charge in [-0.3, -0.25) is 23.5 Å². The van der Waals surface area contributed by atoms with Gasteiger partial charge >= 0.3 is 17.5 Å². The average molecular weight is 451 g/mol. The first-order valence-electron chi connectivity index (χ1n) is 10.4. The molecule has 0 bridgehead atoms. The summed E-state index contributed by atoms with van der Waals surface area (Å²) in [5.41, 5.74) is -0.00864. The highest BCUT2D eigenvalue weighted by Gasteiger charge is 2.29. The third kappa shape index (κ3) is 4.04. The minimum atomic E-state index is -0.623. The van der Waals surface area contributed by atoms with Gasteiger partial charge in [-0.1, -0.05) is 0 Å². The lowest BCUT2D eigenvalue weighted by atomic mass is 10.2. The lowest BCUT2D eigenvalue weighted by Gasteiger charge is -2.26. The van der Waals surface area contributed by atoms with Crippen LogP contribution in [0.4, 0.5) is 0 Å². The van der Waals surface area contributed by atoms with Gasteiger partial charge in [0.25, 0.3) is 5.56 Å². The lowest BCUT2D eigenvalue weighted by Crippen LogP contribution is -2.51. The minimum Gasteiger partial charge on any atom is -0.383 e. The summed E-state index contributed by atoms with van der Waals surface area (Å²) in [5.74, 6) is -1.21. The first kappa shape index (κ1) is 21.7. The number of hydrogen-bond acceptors (Lipinski definition) is 7. The van der Waals surface area contributed by atoms with Gasteiger partial charge in [-0.05, 0) is 25.3 Å². The van der Waals surface area contributed by atoms with Crippen LogP contribution in [0.15, 0.2) is 9.59 Å². The number of amides is 2. The number of fused-ring (bicyclic) bond motifs is 1. The van der Waals surface area contributed by atoms with Crippen molar-refractivity contribution in [3.63, 3.8) is 0 Å². The summed E-state index contributed by atoms with van der Waals surface area (Å²) in [5, 5.41) is 3.01. The van der Waals surface area contributed by atoms with Crippen LogP contribution in [0, 0.1) is 6.92 Å². The van der Waals surface area contributed by atoms with E-state index in [9.17, 15) is 19.2 Å². The molecule has 0 aromatic carbocycles. The van der Waals surface area contributed by atoms with E-state index in [2.05, 4.69) is 5.32 Å². The van der Waals surface area contributed by atoms with Crippen LogP contribution in [0.5, 0.6) is 0 Å². The van der Waals surface area contributed by atoms with Gasteiger partial charge in [0.05, 0.1) is 37.7 Å². The predicted octanol–water partition coefficient (Wildman–Crippen LogP) is -0.183. The predicted molar refractivity (Wildman–Crippen MR) is 114 cm³/mol. The van der Waals surface area contributed by atoms with E-state index in [1.54, 1.807) is 4.57 Å². The minimum absolute atomic E-state index is 0.0764. The van der Waals surface area contributed by atoms with Gasteiger partial charge in [-0.15, -0.1) is 11.3 Å². The van der Waals surface area contributed by atoms with Gasteiger partial charge in [-0.2, -0.15) is 0 Å². The highest BCUT2D eigenvalue weighted by Crippen LogP contribution is 2.30. The van der Waals surface area contributed by atoms with Crippen molar-refractivity contribution in [2.75, 3.05) is 33.4 Å². The van der Waals surface area contributed by atoms with Gasteiger partial charge in [0.15, 0.2) is 0 Å². The van der Waals surface area contributed by atoms with Crippen LogP contribution in [-0.4, -0.2) is 65.4 Å². The summed E-state index contributed by atoms with van der Waals surface area (Å²) in [6.07, 6.45) is 1.73. The van der Waals surface area contributed by atoms with E-state index in [1.165, 1.54) is 27.9 Å². The molecule has 2 aromatic rings. The van der Waals surface area contributed by atoms with Crippen molar-refractivity contribution in [2.45, 2.75) is 45.5 Å². The van der Waals surface area contributed by atoms with E-state index < -0.39 is 11.8 Å². The number of carbonyl (C=O) groups is 2. The van der Waals surface area contributed by atoms with Gasteiger partial charge < -0.3 is 19.7 Å². The molecule has 11 heteroatoms. The second-order valence-electron chi connectivity index (χ2n) is 7.79. The highest BCUT2D eigenvalue weighted by atomic mass is 32.1. The molecular formula is C20H26N4O6S. The SMILES string of the molecule is COCCn1c(=O)c2c(C)c(CN3CCNC(=O)C3=O)sc2n(CC2CCCO2)c1=O. The Kier molecular flexibility index (Phi) is 6.26. The van der Waals surface area contributed by atoms with Gasteiger partial charge in [-0.25, -0.2) is 4.79 Å². The maximum atomic E-state index is 13.2. The summed E-state index contributed by atoms with van der Waals surface area (Å²) < 4.78 is 13.7. The zero-order chi connectivity index (χ0) is 22.1. The van der Waals surface area contributed by atoms with Crippen molar-refractivity contribution in [3.8, 4) is 0 Å². The van der Waals surface area contributed by atoms with Crippen molar-refractivity contribution in [3.05, 3.63) is 31.3 Å². The molecule has 0 spiro atoms.